The van der Waals surface area contributed by atoms with E-state index in [9.17, 15) is 20.1 Å². The van der Waals surface area contributed by atoms with Crippen LogP contribution in [0.25, 0.3) is 0 Å². The summed E-state index contributed by atoms with van der Waals surface area (Å²) in [6, 6.07) is 11.8. The highest BCUT2D eigenvalue weighted by Gasteiger charge is 2.25. The van der Waals surface area contributed by atoms with Crippen molar-refractivity contribution in [2.24, 2.45) is 0 Å². The van der Waals surface area contributed by atoms with Gasteiger partial charge in [0.25, 0.3) is 0 Å². The maximum absolute atomic E-state index is 12.9. The molecule has 0 amide bonds. The molecule has 0 aromatic heterocycles. The predicted molar refractivity (Wildman–Crippen MR) is 102 cm³/mol. The van der Waals surface area contributed by atoms with Crippen LogP contribution in [0.3, 0.4) is 0 Å². The molecule has 26 heavy (non-hydrogen) atoms. The Balaban J connectivity index is 2.51. The lowest BCUT2D eigenvalue weighted by molar-refractivity contribution is 0.0715. The summed E-state index contributed by atoms with van der Waals surface area (Å²) in [7, 11) is 0. The molecule has 0 aliphatic rings. The summed E-state index contributed by atoms with van der Waals surface area (Å²) in [5.41, 5.74) is -0.525. The van der Waals surface area contributed by atoms with Crippen LogP contribution in [-0.4, -0.2) is 21.1 Å². The molecular weight excluding hydrogens is 328 g/mol. The van der Waals surface area contributed by atoms with Gasteiger partial charge < -0.3 is 15.3 Å². The topological polar surface area (TPSA) is 77.8 Å². The van der Waals surface area contributed by atoms with Gasteiger partial charge in [0.05, 0.1) is 16.8 Å². The molecule has 3 N–H and O–H groups in total. The first-order valence-electron chi connectivity index (χ1n) is 8.68. The van der Waals surface area contributed by atoms with Crippen molar-refractivity contribution in [1.29, 1.82) is 0 Å². The first kappa shape index (κ1) is 20.3. The zero-order valence-corrected chi connectivity index (χ0v) is 16.3. The zero-order chi connectivity index (χ0) is 19.9. The Labute approximate surface area is 155 Å². The molecule has 2 aromatic carbocycles. The van der Waals surface area contributed by atoms with Crippen LogP contribution in [-0.2, 0) is 16.8 Å². The second-order valence-electron chi connectivity index (χ2n) is 8.38. The third-order valence-corrected chi connectivity index (χ3v) is 4.46. The van der Waals surface area contributed by atoms with Crippen molar-refractivity contribution in [3.8, 4) is 0 Å². The van der Waals surface area contributed by atoms with Crippen LogP contribution in [0.4, 0.5) is 0 Å². The van der Waals surface area contributed by atoms with Gasteiger partial charge in [0.2, 0.25) is 0 Å². The van der Waals surface area contributed by atoms with Crippen LogP contribution in [0.1, 0.15) is 74.2 Å². The molecular formula is C22H28O4. The Morgan fingerprint density at radius 2 is 1.00 bits per heavy atom. The molecule has 4 nitrogen and oxygen atoms in total. The number of carbonyl (C=O) groups is 1. The van der Waals surface area contributed by atoms with E-state index in [1.165, 1.54) is 0 Å². The molecule has 0 fully saturated rings. The molecule has 0 heterocycles. The first-order valence-corrected chi connectivity index (χ1v) is 8.68. The highest BCUT2D eigenvalue weighted by molar-refractivity contribution is 6.09. The lowest BCUT2D eigenvalue weighted by Gasteiger charge is -2.24. The van der Waals surface area contributed by atoms with Crippen LogP contribution >= 0.6 is 0 Å². The minimum atomic E-state index is -1.14. The first-order chi connectivity index (χ1) is 11.7. The lowest BCUT2D eigenvalue weighted by Crippen LogP contribution is -2.21. The molecule has 0 radical (unpaired) electrons. The van der Waals surface area contributed by atoms with Gasteiger partial charge in [-0.05, 0) is 70.4 Å². The summed E-state index contributed by atoms with van der Waals surface area (Å²) in [6.45, 7) is 9.94. The highest BCUT2D eigenvalue weighted by atomic mass is 16.3. The average molecular weight is 356 g/mol. The molecule has 2 rings (SSSR count). The monoisotopic (exact) mass is 356 g/mol. The van der Waals surface area contributed by atoms with Crippen molar-refractivity contribution in [3.05, 3.63) is 70.3 Å². The SMILES string of the molecule is CC(C)(O)c1ccc(C(=O)c2cc(C(C)(C)O)cc(C(C)(C)O)c2)cc1. The van der Waals surface area contributed by atoms with Crippen LogP contribution in [0, 0.1) is 0 Å². The van der Waals surface area contributed by atoms with Crippen LogP contribution < -0.4 is 0 Å². The zero-order valence-electron chi connectivity index (χ0n) is 16.3. The van der Waals surface area contributed by atoms with Gasteiger partial charge in [0, 0.05) is 11.1 Å². The standard InChI is InChI=1S/C22H28O4/c1-20(2,24)16-9-7-14(8-10-16)19(23)15-11-17(21(3,4)25)13-18(12-15)22(5,6)26/h7-13,24-26H,1-6H3. The largest absolute Gasteiger partial charge is 0.386 e. The van der Waals surface area contributed by atoms with E-state index in [1.807, 2.05) is 0 Å². The van der Waals surface area contributed by atoms with E-state index < -0.39 is 16.8 Å². The van der Waals surface area contributed by atoms with Crippen molar-refractivity contribution in [2.75, 3.05) is 0 Å². The van der Waals surface area contributed by atoms with E-state index in [-0.39, 0.29) is 5.78 Å². The van der Waals surface area contributed by atoms with E-state index in [1.54, 1.807) is 84.0 Å². The van der Waals surface area contributed by atoms with Gasteiger partial charge in [-0.2, -0.15) is 0 Å². The fourth-order valence-electron chi connectivity index (χ4n) is 2.66. The summed E-state index contributed by atoms with van der Waals surface area (Å²) < 4.78 is 0. The minimum Gasteiger partial charge on any atom is -0.386 e. The quantitative estimate of drug-likeness (QED) is 0.715. The minimum absolute atomic E-state index is 0.205. The van der Waals surface area contributed by atoms with Crippen LogP contribution in [0.2, 0.25) is 0 Å². The van der Waals surface area contributed by atoms with Crippen molar-refractivity contribution < 1.29 is 20.1 Å². The number of carbonyl (C=O) groups excluding carboxylic acids is 1. The second kappa shape index (κ2) is 6.62. The molecule has 0 spiro atoms. The fourth-order valence-corrected chi connectivity index (χ4v) is 2.66. The molecule has 0 unspecified atom stereocenters. The summed E-state index contributed by atoms with van der Waals surface area (Å²) in [5.74, 6) is -0.205. The number of hydrogen-bond acceptors (Lipinski definition) is 4. The number of rotatable bonds is 5. The summed E-state index contributed by atoms with van der Waals surface area (Å²) in [6.07, 6.45) is 0. The van der Waals surface area contributed by atoms with Gasteiger partial charge in [-0.15, -0.1) is 0 Å². The van der Waals surface area contributed by atoms with Gasteiger partial charge in [0.1, 0.15) is 0 Å². The average Bonchev–Trinajstić information content (AvgIpc) is 2.51. The molecule has 0 aliphatic heterocycles. The van der Waals surface area contributed by atoms with Crippen molar-refractivity contribution in [3.63, 3.8) is 0 Å². The molecule has 0 saturated heterocycles. The van der Waals surface area contributed by atoms with Gasteiger partial charge in [-0.3, -0.25) is 4.79 Å². The van der Waals surface area contributed by atoms with Crippen molar-refractivity contribution >= 4 is 5.78 Å². The van der Waals surface area contributed by atoms with E-state index in [2.05, 4.69) is 0 Å². The van der Waals surface area contributed by atoms with E-state index >= 15 is 0 Å². The Morgan fingerprint density at radius 1 is 0.615 bits per heavy atom. The summed E-state index contributed by atoms with van der Waals surface area (Å²) in [5, 5.41) is 30.8. The van der Waals surface area contributed by atoms with E-state index in [0.29, 0.717) is 22.3 Å². The number of hydrogen-bond donors (Lipinski definition) is 3. The van der Waals surface area contributed by atoms with Gasteiger partial charge in [-0.25, -0.2) is 0 Å². The third kappa shape index (κ3) is 4.58. The molecule has 0 saturated carbocycles. The smallest absolute Gasteiger partial charge is 0.193 e. The molecule has 4 heteroatoms. The van der Waals surface area contributed by atoms with Gasteiger partial charge in [-0.1, -0.05) is 30.3 Å². The second-order valence-corrected chi connectivity index (χ2v) is 8.38. The Bertz CT molecular complexity index is 766. The third-order valence-electron chi connectivity index (χ3n) is 4.46. The number of ketones is 1. The lowest BCUT2D eigenvalue weighted by atomic mass is 9.87. The normalized spacial score (nSPS) is 13.0. The molecule has 0 atom stereocenters. The molecule has 0 aliphatic carbocycles. The fraction of sp³-hybridized carbons (Fsp3) is 0.409. The van der Waals surface area contributed by atoms with E-state index in [0.717, 1.165) is 5.56 Å². The predicted octanol–water partition coefficient (Wildman–Crippen LogP) is 3.60. The highest BCUT2D eigenvalue weighted by Crippen LogP contribution is 2.29. The Kier molecular flexibility index (Phi) is 5.17. The Morgan fingerprint density at radius 3 is 1.35 bits per heavy atom. The molecule has 140 valence electrons. The molecule has 0 bridgehead atoms. The van der Waals surface area contributed by atoms with Gasteiger partial charge in [0.15, 0.2) is 5.78 Å². The van der Waals surface area contributed by atoms with Crippen molar-refractivity contribution in [2.45, 2.75) is 58.3 Å². The van der Waals surface area contributed by atoms with Gasteiger partial charge >= 0.3 is 0 Å². The summed E-state index contributed by atoms with van der Waals surface area (Å²) in [4.78, 5) is 12.9. The maximum atomic E-state index is 12.9. The Hall–Kier alpha value is -2.01. The number of aliphatic hydroxyl groups is 3. The van der Waals surface area contributed by atoms with Crippen LogP contribution in [0.15, 0.2) is 42.5 Å². The summed E-state index contributed by atoms with van der Waals surface area (Å²) >= 11 is 0. The maximum Gasteiger partial charge on any atom is 0.193 e. The van der Waals surface area contributed by atoms with Crippen molar-refractivity contribution in [1.82, 2.24) is 0 Å². The van der Waals surface area contributed by atoms with E-state index in [4.69, 9.17) is 0 Å². The van der Waals surface area contributed by atoms with Crippen LogP contribution in [0.5, 0.6) is 0 Å². The molecule has 2 aromatic rings. The number of benzene rings is 2.